The summed E-state index contributed by atoms with van der Waals surface area (Å²) in [5, 5.41) is 0. The van der Waals surface area contributed by atoms with E-state index >= 15 is 0 Å². The van der Waals surface area contributed by atoms with Crippen molar-refractivity contribution in [3.63, 3.8) is 0 Å². The van der Waals surface area contributed by atoms with Crippen LogP contribution >= 0.6 is 31.9 Å². The van der Waals surface area contributed by atoms with Crippen molar-refractivity contribution in [3.8, 4) is 0 Å². The summed E-state index contributed by atoms with van der Waals surface area (Å²) in [4.78, 5) is 0. The predicted octanol–water partition coefficient (Wildman–Crippen LogP) is 0.425. The molecule has 0 saturated carbocycles. The molecule has 0 aliphatic carbocycles. The summed E-state index contributed by atoms with van der Waals surface area (Å²) in [6.45, 7) is 0. The zero-order valence-corrected chi connectivity index (χ0v) is 9.70. The van der Waals surface area contributed by atoms with Gasteiger partial charge in [-0.2, -0.15) is 0 Å². The van der Waals surface area contributed by atoms with Crippen LogP contribution in [0.25, 0.3) is 0 Å². The first-order valence-electron chi connectivity index (χ1n) is 1.01. The summed E-state index contributed by atoms with van der Waals surface area (Å²) in [6.07, 6.45) is 0. The van der Waals surface area contributed by atoms with Gasteiger partial charge in [-0.3, -0.25) is 0 Å². The molecule has 0 fully saturated rings. The van der Waals surface area contributed by atoms with Crippen molar-refractivity contribution in [2.24, 2.45) is 0 Å². The molecule has 0 radical (unpaired) electrons. The van der Waals surface area contributed by atoms with E-state index in [1.807, 2.05) is 0 Å². The van der Waals surface area contributed by atoms with E-state index in [1.165, 1.54) is 0 Å². The Bertz CT molecular complexity index is 10.8. The molecule has 0 aromatic heterocycles. The van der Waals surface area contributed by atoms with Crippen molar-refractivity contribution in [1.82, 2.24) is 0 Å². The van der Waals surface area contributed by atoms with Crippen LogP contribution in [0.2, 0.25) is 0 Å². The molecule has 0 aliphatic heterocycles. The molecule has 0 atom stereocenters. The maximum absolute atomic E-state index is 3.27. The zero-order valence-electron chi connectivity index (χ0n) is 2.33. The van der Waals surface area contributed by atoms with Crippen LogP contribution in [-0.4, -0.2) is 19.1 Å². The SMILES string of the molecule is [GeH3][CH](Br)Br. The fourth-order valence-corrected chi connectivity index (χ4v) is 0. The van der Waals surface area contributed by atoms with E-state index in [2.05, 4.69) is 31.9 Å². The quantitative estimate of drug-likeness (QED) is 0.431. The number of halogens is 2. The number of hydrogen-bond acceptors (Lipinski definition) is 0. The van der Waals surface area contributed by atoms with Gasteiger partial charge in [-0.25, -0.2) is 0 Å². The Balaban J connectivity index is 2.32. The van der Waals surface area contributed by atoms with Crippen LogP contribution in [0.5, 0.6) is 0 Å². The second-order valence-electron chi connectivity index (χ2n) is 0.519. The van der Waals surface area contributed by atoms with Gasteiger partial charge >= 0.3 is 50.9 Å². The van der Waals surface area contributed by atoms with E-state index in [4.69, 9.17) is 0 Å². The van der Waals surface area contributed by atoms with Gasteiger partial charge in [0.15, 0.2) is 0 Å². The van der Waals surface area contributed by atoms with Crippen LogP contribution in [0.1, 0.15) is 0 Å². The van der Waals surface area contributed by atoms with Gasteiger partial charge in [-0.05, 0) is 0 Å². The molecule has 0 aliphatic rings. The number of rotatable bonds is 0. The Morgan fingerprint density at radius 2 is 1.50 bits per heavy atom. The summed E-state index contributed by atoms with van der Waals surface area (Å²) >= 11 is 7.44. The summed E-state index contributed by atoms with van der Waals surface area (Å²) in [7, 11) is 0. The maximum atomic E-state index is 3.27. The van der Waals surface area contributed by atoms with Gasteiger partial charge in [0.2, 0.25) is 0 Å². The van der Waals surface area contributed by atoms with Gasteiger partial charge in [0.1, 0.15) is 0 Å². The molecule has 0 aromatic carbocycles. The molecule has 0 saturated heterocycles. The first-order valence-corrected chi connectivity index (χ1v) is 5.27. The van der Waals surface area contributed by atoms with Gasteiger partial charge in [-0.1, -0.05) is 0 Å². The summed E-state index contributed by atoms with van der Waals surface area (Å²) < 4.78 is 0.646. The molecular formula is CH4Br2Ge. The molecule has 0 rings (SSSR count). The van der Waals surface area contributed by atoms with Crippen molar-refractivity contribution < 1.29 is 0 Å². The molecule has 0 unspecified atom stereocenters. The molecular weight excluding hydrogens is 244 g/mol. The Kier molecular flexibility index (Phi) is 3.75. The van der Waals surface area contributed by atoms with Gasteiger partial charge in [0.25, 0.3) is 0 Å². The van der Waals surface area contributed by atoms with Crippen molar-refractivity contribution in [1.29, 1.82) is 0 Å². The average molecular weight is 248 g/mol. The molecule has 0 nitrogen and oxygen atoms in total. The monoisotopic (exact) mass is 248 g/mol. The minimum atomic E-state index is 0.646. The van der Waals surface area contributed by atoms with E-state index < -0.39 is 0 Å². The molecule has 0 spiro atoms. The topological polar surface area (TPSA) is 0 Å². The molecule has 26 valence electrons. The van der Waals surface area contributed by atoms with Crippen molar-refractivity contribution in [3.05, 3.63) is 0 Å². The van der Waals surface area contributed by atoms with Gasteiger partial charge in [-0.15, -0.1) is 0 Å². The van der Waals surface area contributed by atoms with Crippen LogP contribution in [0.4, 0.5) is 0 Å². The van der Waals surface area contributed by atoms with E-state index in [1.54, 1.807) is 0 Å². The first-order chi connectivity index (χ1) is 1.73. The molecule has 0 aromatic rings. The van der Waals surface area contributed by atoms with Crippen LogP contribution in [0, 0.1) is 0 Å². The Morgan fingerprint density at radius 3 is 1.50 bits per heavy atom. The third-order valence-corrected chi connectivity index (χ3v) is 0. The first kappa shape index (κ1) is 5.50. The fourth-order valence-electron chi connectivity index (χ4n) is 0. The van der Waals surface area contributed by atoms with Crippen LogP contribution < -0.4 is 0 Å². The van der Waals surface area contributed by atoms with Crippen molar-refractivity contribution in [2.75, 3.05) is 0 Å². The normalized spacial score (nSPS) is 9.75. The summed E-state index contributed by atoms with van der Waals surface area (Å²) in [5.41, 5.74) is 0. The van der Waals surface area contributed by atoms with E-state index in [9.17, 15) is 0 Å². The summed E-state index contributed by atoms with van der Waals surface area (Å²) in [6, 6.07) is 0. The second-order valence-corrected chi connectivity index (χ2v) is 14.0. The molecule has 0 bridgehead atoms. The molecule has 0 heterocycles. The third kappa shape index (κ3) is 9.72. The minimum absolute atomic E-state index is 0.646. The van der Waals surface area contributed by atoms with Gasteiger partial charge in [0, 0.05) is 0 Å². The number of hydrogen-bond donors (Lipinski definition) is 0. The molecule has 0 N–H and O–H groups in total. The Morgan fingerprint density at radius 1 is 1.50 bits per heavy atom. The van der Waals surface area contributed by atoms with Crippen LogP contribution in [-0.2, 0) is 0 Å². The van der Waals surface area contributed by atoms with Crippen LogP contribution in [0.3, 0.4) is 0 Å². The number of alkyl halides is 2. The Hall–Kier alpha value is 1.50. The molecule has 0 amide bonds. The second kappa shape index (κ2) is 2.72. The van der Waals surface area contributed by atoms with Gasteiger partial charge < -0.3 is 0 Å². The third-order valence-electron chi connectivity index (χ3n) is 0. The Labute approximate surface area is 50.8 Å². The van der Waals surface area contributed by atoms with Crippen LogP contribution in [0.15, 0.2) is 0 Å². The van der Waals surface area contributed by atoms with Gasteiger partial charge in [0.05, 0.1) is 0 Å². The standard InChI is InChI=1S/CH4Br2Ge/c2-1(3)4/h1H,4H3. The van der Waals surface area contributed by atoms with Crippen molar-refractivity contribution >= 4 is 48.4 Å². The average Bonchev–Trinajstić information content (AvgIpc) is 0.811. The predicted molar refractivity (Wildman–Crippen MR) is 31.6 cm³/mol. The molecule has 3 heteroatoms. The summed E-state index contributed by atoms with van der Waals surface area (Å²) in [5.74, 6) is 0. The zero-order chi connectivity index (χ0) is 3.58. The van der Waals surface area contributed by atoms with E-state index in [0.717, 1.165) is 16.5 Å². The van der Waals surface area contributed by atoms with Crippen molar-refractivity contribution in [2.45, 2.75) is 2.57 Å². The van der Waals surface area contributed by atoms with E-state index in [0.29, 0.717) is 2.57 Å². The molecule has 4 heavy (non-hydrogen) atoms. The fraction of sp³-hybridized carbons (Fsp3) is 1.00. The van der Waals surface area contributed by atoms with E-state index in [-0.39, 0.29) is 0 Å².